The minimum Gasteiger partial charge on any atom is -0.310 e. The van der Waals surface area contributed by atoms with Gasteiger partial charge in [-0.3, -0.25) is 0 Å². The van der Waals surface area contributed by atoms with Gasteiger partial charge in [-0.25, -0.2) is 0 Å². The fourth-order valence-corrected chi connectivity index (χ4v) is 2.36. The summed E-state index contributed by atoms with van der Waals surface area (Å²) in [5.74, 6) is 0. The van der Waals surface area contributed by atoms with Crippen molar-refractivity contribution in [3.63, 3.8) is 0 Å². The highest BCUT2D eigenvalue weighted by Crippen LogP contribution is 2.26. The number of hydrogen-bond donors (Lipinski definition) is 1. The average Bonchev–Trinajstić information content (AvgIpc) is 2.46. The summed E-state index contributed by atoms with van der Waals surface area (Å²) in [4.78, 5) is 0. The van der Waals surface area contributed by atoms with Gasteiger partial charge in [0.15, 0.2) is 0 Å². The van der Waals surface area contributed by atoms with Crippen LogP contribution in [-0.4, -0.2) is 6.04 Å². The van der Waals surface area contributed by atoms with Crippen LogP contribution in [0.15, 0.2) is 42.5 Å². The van der Waals surface area contributed by atoms with E-state index < -0.39 is 0 Å². The number of nitrogens with one attached hydrogen (secondary N) is 1. The largest absolute Gasteiger partial charge is 0.310 e. The highest BCUT2D eigenvalue weighted by atomic mass is 35.5. The third kappa shape index (κ3) is 3.84. The molecule has 0 saturated carbocycles. The second-order valence-electron chi connectivity index (χ2n) is 5.39. The highest BCUT2D eigenvalue weighted by molar-refractivity contribution is 6.31. The van der Waals surface area contributed by atoms with E-state index >= 15 is 0 Å². The monoisotopic (exact) mass is 287 g/mol. The van der Waals surface area contributed by atoms with E-state index in [4.69, 9.17) is 11.6 Å². The van der Waals surface area contributed by atoms with E-state index in [9.17, 15) is 0 Å². The Balaban J connectivity index is 2.19. The third-order valence-electron chi connectivity index (χ3n) is 3.45. The molecule has 106 valence electrons. The highest BCUT2D eigenvalue weighted by Gasteiger charge is 2.04. The molecule has 0 aliphatic heterocycles. The molecule has 2 aromatic rings. The molecule has 0 atom stereocenters. The van der Waals surface area contributed by atoms with E-state index in [0.29, 0.717) is 6.04 Å². The van der Waals surface area contributed by atoms with E-state index in [2.05, 4.69) is 68.6 Å². The minimum atomic E-state index is 0.465. The van der Waals surface area contributed by atoms with Crippen molar-refractivity contribution < 1.29 is 0 Å². The molecule has 2 heteroatoms. The van der Waals surface area contributed by atoms with Gasteiger partial charge in [-0.1, -0.05) is 68.8 Å². The Kier molecular flexibility index (Phi) is 5.22. The van der Waals surface area contributed by atoms with Gasteiger partial charge in [-0.05, 0) is 34.7 Å². The molecular formula is C18H22ClN. The summed E-state index contributed by atoms with van der Waals surface area (Å²) in [7, 11) is 0. The van der Waals surface area contributed by atoms with Gasteiger partial charge in [0, 0.05) is 17.6 Å². The molecule has 20 heavy (non-hydrogen) atoms. The summed E-state index contributed by atoms with van der Waals surface area (Å²) in [6, 6.07) is 15.5. The number of benzene rings is 2. The first-order chi connectivity index (χ1) is 9.60. The van der Waals surface area contributed by atoms with Crippen LogP contribution in [0.5, 0.6) is 0 Å². The fraction of sp³-hybridized carbons (Fsp3) is 0.333. The van der Waals surface area contributed by atoms with Gasteiger partial charge in [0.05, 0.1) is 0 Å². The van der Waals surface area contributed by atoms with Gasteiger partial charge < -0.3 is 5.32 Å². The third-order valence-corrected chi connectivity index (χ3v) is 3.80. The van der Waals surface area contributed by atoms with Gasteiger partial charge in [-0.2, -0.15) is 0 Å². The van der Waals surface area contributed by atoms with Crippen molar-refractivity contribution in [2.45, 2.75) is 39.8 Å². The predicted molar refractivity (Wildman–Crippen MR) is 88.2 cm³/mol. The molecule has 0 aliphatic rings. The Hall–Kier alpha value is -1.31. The first-order valence-electron chi connectivity index (χ1n) is 7.21. The number of aryl methyl sites for hydroxylation is 1. The molecule has 0 fully saturated rings. The molecule has 2 aromatic carbocycles. The molecule has 0 aromatic heterocycles. The molecule has 0 heterocycles. The van der Waals surface area contributed by atoms with Gasteiger partial charge in [0.1, 0.15) is 0 Å². The Morgan fingerprint density at radius 2 is 1.65 bits per heavy atom. The zero-order valence-corrected chi connectivity index (χ0v) is 13.2. The number of rotatable bonds is 5. The maximum absolute atomic E-state index is 6.38. The predicted octanol–water partition coefficient (Wildman–Crippen LogP) is 5.07. The fourth-order valence-electron chi connectivity index (χ4n) is 2.12. The van der Waals surface area contributed by atoms with Crippen LogP contribution in [0.4, 0.5) is 0 Å². The topological polar surface area (TPSA) is 12.0 Å². The number of hydrogen-bond acceptors (Lipinski definition) is 1. The van der Waals surface area contributed by atoms with Crippen LogP contribution >= 0.6 is 11.6 Å². The molecular weight excluding hydrogens is 266 g/mol. The van der Waals surface area contributed by atoms with Crippen molar-refractivity contribution in [3.05, 3.63) is 58.6 Å². The van der Waals surface area contributed by atoms with Crippen LogP contribution in [0, 0.1) is 0 Å². The van der Waals surface area contributed by atoms with E-state index in [1.54, 1.807) is 0 Å². The lowest BCUT2D eigenvalue weighted by Gasteiger charge is -2.11. The maximum atomic E-state index is 6.38. The van der Waals surface area contributed by atoms with Crippen LogP contribution < -0.4 is 5.32 Å². The molecule has 0 radical (unpaired) electrons. The molecule has 0 aliphatic carbocycles. The summed E-state index contributed by atoms with van der Waals surface area (Å²) in [5, 5.41) is 4.22. The minimum absolute atomic E-state index is 0.465. The number of halogens is 1. The quantitative estimate of drug-likeness (QED) is 0.810. The lowest BCUT2D eigenvalue weighted by Crippen LogP contribution is -2.21. The molecule has 0 amide bonds. The Labute approximate surface area is 127 Å². The Morgan fingerprint density at radius 1 is 1.00 bits per heavy atom. The first kappa shape index (κ1) is 15.1. The zero-order chi connectivity index (χ0) is 14.5. The standard InChI is InChI=1S/C18H22ClN/c1-4-14-5-7-15(8-6-14)16-9-10-17(18(19)11-16)12-20-13(2)3/h5-11,13,20H,4,12H2,1-3H3. The van der Waals surface area contributed by atoms with Crippen molar-refractivity contribution in [2.24, 2.45) is 0 Å². The lowest BCUT2D eigenvalue weighted by molar-refractivity contribution is 0.589. The summed E-state index contributed by atoms with van der Waals surface area (Å²) in [5.41, 5.74) is 4.89. The summed E-state index contributed by atoms with van der Waals surface area (Å²) in [6.07, 6.45) is 1.07. The van der Waals surface area contributed by atoms with E-state index in [-0.39, 0.29) is 0 Å². The van der Waals surface area contributed by atoms with Crippen LogP contribution in [0.3, 0.4) is 0 Å². The van der Waals surface area contributed by atoms with Crippen LogP contribution in [0.25, 0.3) is 11.1 Å². The molecule has 0 spiro atoms. The van der Waals surface area contributed by atoms with Crippen molar-refractivity contribution in [1.82, 2.24) is 5.32 Å². The van der Waals surface area contributed by atoms with E-state index in [1.165, 1.54) is 16.7 Å². The van der Waals surface area contributed by atoms with E-state index in [0.717, 1.165) is 23.6 Å². The second-order valence-corrected chi connectivity index (χ2v) is 5.80. The van der Waals surface area contributed by atoms with Crippen molar-refractivity contribution >= 4 is 11.6 Å². The van der Waals surface area contributed by atoms with Crippen molar-refractivity contribution in [2.75, 3.05) is 0 Å². The van der Waals surface area contributed by atoms with Crippen molar-refractivity contribution in [3.8, 4) is 11.1 Å². The Bertz CT molecular complexity index is 558. The molecule has 0 saturated heterocycles. The van der Waals surface area contributed by atoms with Crippen LogP contribution in [0.1, 0.15) is 31.9 Å². The maximum Gasteiger partial charge on any atom is 0.0457 e. The smallest absolute Gasteiger partial charge is 0.0457 e. The average molecular weight is 288 g/mol. The molecule has 0 bridgehead atoms. The van der Waals surface area contributed by atoms with Gasteiger partial charge in [0.25, 0.3) is 0 Å². The lowest BCUT2D eigenvalue weighted by atomic mass is 10.0. The Morgan fingerprint density at radius 3 is 2.20 bits per heavy atom. The summed E-state index contributed by atoms with van der Waals surface area (Å²) in [6.45, 7) is 7.25. The molecule has 1 N–H and O–H groups in total. The first-order valence-corrected chi connectivity index (χ1v) is 7.59. The zero-order valence-electron chi connectivity index (χ0n) is 12.4. The molecule has 1 nitrogen and oxygen atoms in total. The molecule has 2 rings (SSSR count). The second kappa shape index (κ2) is 6.92. The van der Waals surface area contributed by atoms with Gasteiger partial charge >= 0.3 is 0 Å². The van der Waals surface area contributed by atoms with Crippen molar-refractivity contribution in [1.29, 1.82) is 0 Å². The summed E-state index contributed by atoms with van der Waals surface area (Å²) < 4.78 is 0. The van der Waals surface area contributed by atoms with Gasteiger partial charge in [0.2, 0.25) is 0 Å². The van der Waals surface area contributed by atoms with Crippen LogP contribution in [0.2, 0.25) is 5.02 Å². The molecule has 0 unspecified atom stereocenters. The normalized spacial score (nSPS) is 11.1. The van der Waals surface area contributed by atoms with Gasteiger partial charge in [-0.15, -0.1) is 0 Å². The SMILES string of the molecule is CCc1ccc(-c2ccc(CNC(C)C)c(Cl)c2)cc1. The summed E-state index contributed by atoms with van der Waals surface area (Å²) >= 11 is 6.38. The van der Waals surface area contributed by atoms with Crippen LogP contribution in [-0.2, 0) is 13.0 Å². The van der Waals surface area contributed by atoms with E-state index in [1.807, 2.05) is 0 Å².